The van der Waals surface area contributed by atoms with E-state index in [4.69, 9.17) is 8.92 Å². The quantitative estimate of drug-likeness (QED) is 0.596. The molecule has 122 valence electrons. The third-order valence-corrected chi connectivity index (χ3v) is 4.19. The molecule has 4 nitrogen and oxygen atoms in total. The Morgan fingerprint density at radius 1 is 1.32 bits per heavy atom. The zero-order valence-corrected chi connectivity index (χ0v) is 14.4. The molecule has 0 radical (unpaired) electrons. The third-order valence-electron chi connectivity index (χ3n) is 3.45. The molecule has 1 atom stereocenters. The average Bonchev–Trinajstić information content (AvgIpc) is 2.92. The van der Waals surface area contributed by atoms with E-state index < -0.39 is 5.60 Å². The van der Waals surface area contributed by atoms with Crippen molar-refractivity contribution in [2.24, 2.45) is 5.92 Å². The van der Waals surface area contributed by atoms with Crippen LogP contribution in [0.4, 0.5) is 4.79 Å². The minimum absolute atomic E-state index is 0.199. The van der Waals surface area contributed by atoms with E-state index in [0.717, 1.165) is 30.8 Å². The SMILES string of the molecule is CC(C)(C)OC(=O)N1CCC(CCOSc2ccccc2)C1. The molecular formula is C17H25NO3S. The molecule has 0 spiro atoms. The van der Waals surface area contributed by atoms with Gasteiger partial charge in [0.05, 0.1) is 6.61 Å². The van der Waals surface area contributed by atoms with Gasteiger partial charge in [-0.2, -0.15) is 0 Å². The minimum Gasteiger partial charge on any atom is -0.444 e. The summed E-state index contributed by atoms with van der Waals surface area (Å²) >= 11 is 1.41. The lowest BCUT2D eigenvalue weighted by Crippen LogP contribution is -2.35. The van der Waals surface area contributed by atoms with E-state index in [0.29, 0.717) is 12.5 Å². The average molecular weight is 323 g/mol. The maximum Gasteiger partial charge on any atom is 0.410 e. The first-order valence-corrected chi connectivity index (χ1v) is 8.50. The predicted octanol–water partition coefficient (Wildman–Crippen LogP) is 4.36. The van der Waals surface area contributed by atoms with E-state index in [1.54, 1.807) is 4.90 Å². The standard InChI is InChI=1S/C17H25NO3S/c1-17(2,3)21-16(19)18-11-9-14(13-18)10-12-20-22-15-7-5-4-6-8-15/h4-8,14H,9-13H2,1-3H3. The van der Waals surface area contributed by atoms with Gasteiger partial charge in [-0.25, -0.2) is 4.79 Å². The Kier molecular flexibility index (Phi) is 6.15. The number of hydrogen-bond acceptors (Lipinski definition) is 4. The lowest BCUT2D eigenvalue weighted by atomic mass is 10.1. The number of hydrogen-bond donors (Lipinski definition) is 0. The van der Waals surface area contributed by atoms with Crippen molar-refractivity contribution in [2.45, 2.75) is 44.1 Å². The van der Waals surface area contributed by atoms with Crippen molar-refractivity contribution in [2.75, 3.05) is 19.7 Å². The van der Waals surface area contributed by atoms with Crippen molar-refractivity contribution in [3.05, 3.63) is 30.3 Å². The molecule has 5 heteroatoms. The van der Waals surface area contributed by atoms with Gasteiger partial charge in [-0.1, -0.05) is 18.2 Å². The fraction of sp³-hybridized carbons (Fsp3) is 0.588. The summed E-state index contributed by atoms with van der Waals surface area (Å²) in [6.45, 7) is 7.94. The molecule has 0 saturated carbocycles. The van der Waals surface area contributed by atoms with E-state index in [9.17, 15) is 4.79 Å². The highest BCUT2D eigenvalue weighted by Gasteiger charge is 2.29. The summed E-state index contributed by atoms with van der Waals surface area (Å²) in [4.78, 5) is 14.9. The Morgan fingerprint density at radius 2 is 2.05 bits per heavy atom. The summed E-state index contributed by atoms with van der Waals surface area (Å²) in [6, 6.07) is 10.1. The number of carbonyl (C=O) groups is 1. The van der Waals surface area contributed by atoms with Crippen LogP contribution in [-0.4, -0.2) is 36.3 Å². The maximum absolute atomic E-state index is 12.0. The molecule has 22 heavy (non-hydrogen) atoms. The largest absolute Gasteiger partial charge is 0.444 e. The highest BCUT2D eigenvalue weighted by Crippen LogP contribution is 2.24. The molecule has 2 rings (SSSR count). The molecule has 1 aromatic rings. The molecule has 0 aliphatic carbocycles. The Balaban J connectivity index is 1.63. The molecule has 1 fully saturated rings. The van der Waals surface area contributed by atoms with Crippen molar-refractivity contribution in [3.63, 3.8) is 0 Å². The topological polar surface area (TPSA) is 38.8 Å². The summed E-state index contributed by atoms with van der Waals surface area (Å²) in [5, 5.41) is 0. The Bertz CT molecular complexity index is 473. The number of nitrogens with zero attached hydrogens (tertiary/aromatic N) is 1. The predicted molar refractivity (Wildman–Crippen MR) is 88.8 cm³/mol. The van der Waals surface area contributed by atoms with Crippen molar-refractivity contribution >= 4 is 18.1 Å². The first-order valence-electron chi connectivity index (χ1n) is 7.76. The summed E-state index contributed by atoms with van der Waals surface area (Å²) < 4.78 is 11.0. The smallest absolute Gasteiger partial charge is 0.410 e. The van der Waals surface area contributed by atoms with Gasteiger partial charge in [0.25, 0.3) is 0 Å². The van der Waals surface area contributed by atoms with Crippen LogP contribution in [0.25, 0.3) is 0 Å². The molecule has 1 unspecified atom stereocenters. The van der Waals surface area contributed by atoms with E-state index in [1.165, 1.54) is 12.0 Å². The lowest BCUT2D eigenvalue weighted by molar-refractivity contribution is 0.0286. The van der Waals surface area contributed by atoms with Crippen LogP contribution in [0.2, 0.25) is 0 Å². The van der Waals surface area contributed by atoms with Gasteiger partial charge >= 0.3 is 6.09 Å². The fourth-order valence-electron chi connectivity index (χ4n) is 2.36. The maximum atomic E-state index is 12.0. The summed E-state index contributed by atoms with van der Waals surface area (Å²) in [6.07, 6.45) is 1.80. The number of likely N-dealkylation sites (tertiary alicyclic amines) is 1. The normalized spacial score (nSPS) is 18.5. The van der Waals surface area contributed by atoms with E-state index >= 15 is 0 Å². The molecular weight excluding hydrogens is 298 g/mol. The van der Waals surface area contributed by atoms with Gasteiger partial charge in [0, 0.05) is 30.0 Å². The zero-order chi connectivity index (χ0) is 16.0. The molecule has 1 aromatic carbocycles. The second-order valence-electron chi connectivity index (χ2n) is 6.59. The second-order valence-corrected chi connectivity index (χ2v) is 7.46. The van der Waals surface area contributed by atoms with Crippen molar-refractivity contribution in [3.8, 4) is 0 Å². The zero-order valence-electron chi connectivity index (χ0n) is 13.6. The van der Waals surface area contributed by atoms with Crippen LogP contribution in [0.1, 0.15) is 33.6 Å². The number of benzene rings is 1. The number of carbonyl (C=O) groups excluding carboxylic acids is 1. The Hall–Kier alpha value is -1.20. The monoisotopic (exact) mass is 323 g/mol. The van der Waals surface area contributed by atoms with Crippen LogP contribution >= 0.6 is 12.0 Å². The highest BCUT2D eigenvalue weighted by atomic mass is 32.2. The van der Waals surface area contributed by atoms with Crippen LogP contribution in [-0.2, 0) is 8.92 Å². The van der Waals surface area contributed by atoms with Crippen LogP contribution in [0.5, 0.6) is 0 Å². The number of rotatable bonds is 5. The summed E-state index contributed by atoms with van der Waals surface area (Å²) in [5.41, 5.74) is -0.426. The van der Waals surface area contributed by atoms with Gasteiger partial charge in [0.1, 0.15) is 5.60 Å². The molecule has 1 aliphatic heterocycles. The van der Waals surface area contributed by atoms with Gasteiger partial charge in [-0.15, -0.1) is 0 Å². The molecule has 0 aromatic heterocycles. The van der Waals surface area contributed by atoms with Crippen molar-refractivity contribution in [1.82, 2.24) is 4.90 Å². The highest BCUT2D eigenvalue weighted by molar-refractivity contribution is 7.94. The first-order chi connectivity index (χ1) is 10.4. The van der Waals surface area contributed by atoms with Gasteiger partial charge in [0.2, 0.25) is 0 Å². The summed E-state index contributed by atoms with van der Waals surface area (Å²) in [5.74, 6) is 0.504. The molecule has 1 saturated heterocycles. The van der Waals surface area contributed by atoms with Crippen LogP contribution in [0, 0.1) is 5.92 Å². The van der Waals surface area contributed by atoms with Crippen LogP contribution < -0.4 is 0 Å². The van der Waals surface area contributed by atoms with Gasteiger partial charge < -0.3 is 13.8 Å². The molecule has 0 bridgehead atoms. The van der Waals surface area contributed by atoms with Crippen molar-refractivity contribution in [1.29, 1.82) is 0 Å². The molecule has 1 aliphatic rings. The number of amides is 1. The van der Waals surface area contributed by atoms with Crippen LogP contribution in [0.15, 0.2) is 35.2 Å². The third kappa shape index (κ3) is 5.89. The van der Waals surface area contributed by atoms with Gasteiger partial charge in [0.15, 0.2) is 0 Å². The van der Waals surface area contributed by atoms with Gasteiger partial charge in [-0.3, -0.25) is 0 Å². The molecule has 0 N–H and O–H groups in total. The second kappa shape index (κ2) is 7.88. The fourth-order valence-corrected chi connectivity index (χ4v) is 2.95. The lowest BCUT2D eigenvalue weighted by Gasteiger charge is -2.24. The minimum atomic E-state index is -0.426. The first kappa shape index (κ1) is 17.2. The summed E-state index contributed by atoms with van der Waals surface area (Å²) in [7, 11) is 0. The van der Waals surface area contributed by atoms with E-state index in [2.05, 4.69) is 0 Å². The van der Waals surface area contributed by atoms with Crippen molar-refractivity contribution < 1.29 is 13.7 Å². The Morgan fingerprint density at radius 3 is 2.73 bits per heavy atom. The van der Waals surface area contributed by atoms with E-state index in [-0.39, 0.29) is 6.09 Å². The molecule has 1 heterocycles. The van der Waals surface area contributed by atoms with Crippen LogP contribution in [0.3, 0.4) is 0 Å². The van der Waals surface area contributed by atoms with E-state index in [1.807, 2.05) is 51.1 Å². The number of ether oxygens (including phenoxy) is 1. The van der Waals surface area contributed by atoms with Gasteiger partial charge in [-0.05, 0) is 51.7 Å². The molecule has 1 amide bonds. The Labute approximate surface area is 137 Å².